The number of rotatable bonds is 2. The maximum absolute atomic E-state index is 11.8. The van der Waals surface area contributed by atoms with Crippen LogP contribution in [-0.2, 0) is 0 Å². The quantitative estimate of drug-likeness (QED) is 0.810. The van der Waals surface area contributed by atoms with Crippen LogP contribution in [0.15, 0.2) is 18.2 Å². The minimum absolute atomic E-state index is 0.0971. The summed E-state index contributed by atoms with van der Waals surface area (Å²) >= 11 is 0. The number of phenols is 1. The van der Waals surface area contributed by atoms with Crippen LogP contribution in [0.3, 0.4) is 0 Å². The maximum Gasteiger partial charge on any atom is 0.573 e. The third-order valence-electron chi connectivity index (χ3n) is 1.37. The summed E-state index contributed by atoms with van der Waals surface area (Å²) in [5.41, 5.74) is 0. The van der Waals surface area contributed by atoms with E-state index >= 15 is 0 Å². The molecule has 1 aromatic rings. The largest absolute Gasteiger partial charge is 0.573 e. The summed E-state index contributed by atoms with van der Waals surface area (Å²) < 4.78 is 43.7. The molecule has 0 atom stereocenters. The molecule has 0 aliphatic rings. The second-order valence-electron chi connectivity index (χ2n) is 2.38. The fraction of sp³-hybridized carbons (Fsp3) is 0.250. The molecule has 0 heterocycles. The van der Waals surface area contributed by atoms with Gasteiger partial charge in [0.1, 0.15) is 5.75 Å². The summed E-state index contributed by atoms with van der Waals surface area (Å²) in [6, 6.07) is 3.20. The predicted molar refractivity (Wildman–Crippen MR) is 41.3 cm³/mol. The Bertz CT molecular complexity index is 322. The van der Waals surface area contributed by atoms with Gasteiger partial charge in [-0.3, -0.25) is 0 Å². The summed E-state index contributed by atoms with van der Waals surface area (Å²) in [6.45, 7) is 0. The molecule has 0 fully saturated rings. The van der Waals surface area contributed by atoms with E-state index in [0.29, 0.717) is 0 Å². The Kier molecular flexibility index (Phi) is 2.73. The lowest BCUT2D eigenvalue weighted by molar-refractivity contribution is -0.275. The molecular weight excluding hydrogens is 201 g/mol. The third kappa shape index (κ3) is 2.72. The van der Waals surface area contributed by atoms with E-state index in [2.05, 4.69) is 9.47 Å². The van der Waals surface area contributed by atoms with Crippen molar-refractivity contribution in [2.75, 3.05) is 7.11 Å². The summed E-state index contributed by atoms with van der Waals surface area (Å²) in [7, 11) is 1.20. The average Bonchev–Trinajstić information content (AvgIpc) is 2.01. The fourth-order valence-corrected chi connectivity index (χ4v) is 0.870. The van der Waals surface area contributed by atoms with Crippen LogP contribution in [0.2, 0.25) is 0 Å². The first kappa shape index (κ1) is 10.5. The Labute approximate surface area is 77.7 Å². The summed E-state index contributed by atoms with van der Waals surface area (Å²) in [5.74, 6) is -0.995. The van der Waals surface area contributed by atoms with Crippen LogP contribution < -0.4 is 9.47 Å². The molecule has 1 N–H and O–H groups in total. The Morgan fingerprint density at radius 2 is 1.86 bits per heavy atom. The molecule has 14 heavy (non-hydrogen) atoms. The Morgan fingerprint density at radius 1 is 1.21 bits per heavy atom. The lowest BCUT2D eigenvalue weighted by atomic mass is 10.3. The van der Waals surface area contributed by atoms with Crippen LogP contribution in [-0.4, -0.2) is 18.6 Å². The van der Waals surface area contributed by atoms with Gasteiger partial charge in [0.15, 0.2) is 11.5 Å². The number of halogens is 3. The van der Waals surface area contributed by atoms with Crippen molar-refractivity contribution in [1.29, 1.82) is 0 Å². The molecule has 0 amide bonds. The van der Waals surface area contributed by atoms with E-state index in [4.69, 9.17) is 5.11 Å². The van der Waals surface area contributed by atoms with Crippen molar-refractivity contribution in [3.63, 3.8) is 0 Å². The second-order valence-corrected chi connectivity index (χ2v) is 2.38. The highest BCUT2D eigenvalue weighted by Gasteiger charge is 2.32. The van der Waals surface area contributed by atoms with Crippen LogP contribution in [0.25, 0.3) is 0 Å². The van der Waals surface area contributed by atoms with Crippen molar-refractivity contribution in [2.45, 2.75) is 6.36 Å². The van der Waals surface area contributed by atoms with E-state index in [9.17, 15) is 13.2 Å². The number of methoxy groups -OCH3 is 1. The molecule has 0 aromatic heterocycles. The summed E-state index contributed by atoms with van der Waals surface area (Å²) in [5, 5.41) is 8.93. The van der Waals surface area contributed by atoms with Gasteiger partial charge >= 0.3 is 6.36 Å². The van der Waals surface area contributed by atoms with Gasteiger partial charge in [-0.25, -0.2) is 0 Å². The number of ether oxygens (including phenoxy) is 2. The molecule has 0 unspecified atom stereocenters. The molecule has 0 spiro atoms. The van der Waals surface area contributed by atoms with Crippen LogP contribution >= 0.6 is 0 Å². The number of benzene rings is 1. The van der Waals surface area contributed by atoms with Crippen LogP contribution in [0.1, 0.15) is 0 Å². The van der Waals surface area contributed by atoms with Crippen molar-refractivity contribution in [3.8, 4) is 17.2 Å². The van der Waals surface area contributed by atoms with Gasteiger partial charge < -0.3 is 14.6 Å². The Hall–Kier alpha value is -1.59. The zero-order valence-electron chi connectivity index (χ0n) is 7.13. The topological polar surface area (TPSA) is 38.7 Å². The van der Waals surface area contributed by atoms with Gasteiger partial charge in [0.2, 0.25) is 0 Å². The van der Waals surface area contributed by atoms with Crippen molar-refractivity contribution in [1.82, 2.24) is 0 Å². The first-order valence-corrected chi connectivity index (χ1v) is 3.55. The zero-order valence-corrected chi connectivity index (χ0v) is 7.13. The highest BCUT2D eigenvalue weighted by molar-refractivity contribution is 5.45. The van der Waals surface area contributed by atoms with Gasteiger partial charge in [-0.15, -0.1) is 13.2 Å². The van der Waals surface area contributed by atoms with Gasteiger partial charge in [0.05, 0.1) is 7.11 Å². The standard InChI is InChI=1S/C8H7F3O3/c1-13-6-3-2-5(12)4-7(6)14-8(9,10)11/h2-4,12H,1H3. The number of hydrogen-bond acceptors (Lipinski definition) is 3. The lowest BCUT2D eigenvalue weighted by Gasteiger charge is -2.12. The van der Waals surface area contributed by atoms with Crippen molar-refractivity contribution >= 4 is 0 Å². The SMILES string of the molecule is COc1ccc(O)cc1OC(F)(F)F. The minimum Gasteiger partial charge on any atom is -0.508 e. The Balaban J connectivity index is 2.99. The monoisotopic (exact) mass is 208 g/mol. The first-order valence-electron chi connectivity index (χ1n) is 3.55. The van der Waals surface area contributed by atoms with E-state index in [1.807, 2.05) is 0 Å². The van der Waals surface area contributed by atoms with E-state index in [-0.39, 0.29) is 11.5 Å². The lowest BCUT2D eigenvalue weighted by Crippen LogP contribution is -2.17. The molecule has 0 aliphatic carbocycles. The summed E-state index contributed by atoms with van der Waals surface area (Å²) in [4.78, 5) is 0. The van der Waals surface area contributed by atoms with Crippen molar-refractivity contribution < 1.29 is 27.8 Å². The summed E-state index contributed by atoms with van der Waals surface area (Å²) in [6.07, 6.45) is -4.80. The maximum atomic E-state index is 11.8. The Morgan fingerprint density at radius 3 is 2.36 bits per heavy atom. The third-order valence-corrected chi connectivity index (χ3v) is 1.37. The first-order chi connectivity index (χ1) is 6.42. The van der Waals surface area contributed by atoms with E-state index < -0.39 is 12.1 Å². The van der Waals surface area contributed by atoms with E-state index in [0.717, 1.165) is 6.07 Å². The smallest absolute Gasteiger partial charge is 0.508 e. The van der Waals surface area contributed by atoms with E-state index in [1.165, 1.54) is 19.2 Å². The van der Waals surface area contributed by atoms with Gasteiger partial charge in [0, 0.05) is 6.07 Å². The fourth-order valence-electron chi connectivity index (χ4n) is 0.870. The minimum atomic E-state index is -4.80. The molecule has 78 valence electrons. The zero-order chi connectivity index (χ0) is 10.8. The van der Waals surface area contributed by atoms with Gasteiger partial charge in [-0.05, 0) is 12.1 Å². The van der Waals surface area contributed by atoms with Gasteiger partial charge in [-0.2, -0.15) is 0 Å². The number of alkyl halides is 3. The van der Waals surface area contributed by atoms with Crippen molar-refractivity contribution in [2.24, 2.45) is 0 Å². The molecule has 3 nitrogen and oxygen atoms in total. The highest BCUT2D eigenvalue weighted by atomic mass is 19.4. The van der Waals surface area contributed by atoms with Crippen LogP contribution in [0.4, 0.5) is 13.2 Å². The highest BCUT2D eigenvalue weighted by Crippen LogP contribution is 2.34. The molecule has 1 rings (SSSR count). The number of hydrogen-bond donors (Lipinski definition) is 1. The molecule has 0 bridgehead atoms. The van der Waals surface area contributed by atoms with E-state index in [1.54, 1.807) is 0 Å². The number of phenolic OH excluding ortho intramolecular Hbond substituents is 1. The van der Waals surface area contributed by atoms with Gasteiger partial charge in [-0.1, -0.05) is 0 Å². The average molecular weight is 208 g/mol. The molecule has 1 aromatic carbocycles. The van der Waals surface area contributed by atoms with Gasteiger partial charge in [0.25, 0.3) is 0 Å². The number of aromatic hydroxyl groups is 1. The normalized spacial score (nSPS) is 11.1. The molecule has 0 aliphatic heterocycles. The van der Waals surface area contributed by atoms with Crippen molar-refractivity contribution in [3.05, 3.63) is 18.2 Å². The second kappa shape index (κ2) is 3.65. The van der Waals surface area contributed by atoms with Crippen LogP contribution in [0.5, 0.6) is 17.2 Å². The molecule has 6 heteroatoms. The molecule has 0 saturated carbocycles. The molecular formula is C8H7F3O3. The molecule has 0 saturated heterocycles. The predicted octanol–water partition coefficient (Wildman–Crippen LogP) is 2.30. The van der Waals surface area contributed by atoms with Crippen LogP contribution in [0, 0.1) is 0 Å². The molecule has 0 radical (unpaired) electrons.